The smallest absolute Gasteiger partial charge is 0.0743 e. The third-order valence-electron chi connectivity index (χ3n) is 3.93. The van der Waals surface area contributed by atoms with Crippen LogP contribution in [0.2, 0.25) is 0 Å². The second-order valence-electron chi connectivity index (χ2n) is 6.35. The van der Waals surface area contributed by atoms with E-state index in [-0.39, 0.29) is 5.54 Å². The summed E-state index contributed by atoms with van der Waals surface area (Å²) >= 11 is 0. The number of hydrogen-bond donors (Lipinski definition) is 1. The number of nitrogens with one attached hydrogen (secondary N) is 1. The van der Waals surface area contributed by atoms with Gasteiger partial charge in [0, 0.05) is 6.04 Å². The summed E-state index contributed by atoms with van der Waals surface area (Å²) in [7, 11) is 0. The summed E-state index contributed by atoms with van der Waals surface area (Å²) in [5.74, 6) is 5.22. The largest absolute Gasteiger partial charge is 0.299 e. The molecule has 1 saturated carbocycles. The zero-order valence-corrected chi connectivity index (χ0v) is 11.5. The highest BCUT2D eigenvalue weighted by Gasteiger charge is 2.33. The Kier molecular flexibility index (Phi) is 4.44. The summed E-state index contributed by atoms with van der Waals surface area (Å²) in [6.45, 7) is 11.2. The first-order valence-corrected chi connectivity index (χ1v) is 6.61. The third-order valence-corrected chi connectivity index (χ3v) is 3.93. The van der Waals surface area contributed by atoms with Gasteiger partial charge in [-0.1, -0.05) is 33.1 Å². The van der Waals surface area contributed by atoms with Crippen LogP contribution >= 0.6 is 0 Å². The van der Waals surface area contributed by atoms with Crippen molar-refractivity contribution in [2.75, 3.05) is 0 Å². The Bertz CT molecular complexity index is 259. The predicted octanol–water partition coefficient (Wildman–Crippen LogP) is 3.45. The summed E-state index contributed by atoms with van der Waals surface area (Å²) in [5.41, 5.74) is -0.172. The lowest BCUT2D eigenvalue weighted by atomic mass is 9.73. The second kappa shape index (κ2) is 5.23. The Morgan fingerprint density at radius 3 is 2.44 bits per heavy atom. The summed E-state index contributed by atoms with van der Waals surface area (Å²) in [4.78, 5) is 0. The Morgan fingerprint density at radius 2 is 1.94 bits per heavy atom. The summed E-state index contributed by atoms with van der Waals surface area (Å²) in [6.07, 6.45) is 9.56. The number of terminal acetylenes is 1. The quantitative estimate of drug-likeness (QED) is 0.720. The molecule has 0 heterocycles. The first kappa shape index (κ1) is 13.6. The minimum Gasteiger partial charge on any atom is -0.299 e. The fourth-order valence-corrected chi connectivity index (χ4v) is 2.87. The molecule has 0 radical (unpaired) electrons. The molecule has 0 spiro atoms. The SMILES string of the molecule is C#CC(C)(C)NC1CC(C)CCC1C(C)C. The van der Waals surface area contributed by atoms with Crippen molar-refractivity contribution in [3.05, 3.63) is 0 Å². The predicted molar refractivity (Wildman–Crippen MR) is 71.2 cm³/mol. The van der Waals surface area contributed by atoms with E-state index in [1.54, 1.807) is 0 Å². The number of hydrogen-bond acceptors (Lipinski definition) is 1. The van der Waals surface area contributed by atoms with Crippen molar-refractivity contribution in [2.24, 2.45) is 17.8 Å². The zero-order valence-electron chi connectivity index (χ0n) is 11.5. The first-order chi connectivity index (χ1) is 7.35. The fourth-order valence-electron chi connectivity index (χ4n) is 2.87. The molecule has 1 nitrogen and oxygen atoms in total. The van der Waals surface area contributed by atoms with E-state index in [0.717, 1.165) is 17.8 Å². The highest BCUT2D eigenvalue weighted by molar-refractivity contribution is 5.09. The van der Waals surface area contributed by atoms with Gasteiger partial charge in [-0.15, -0.1) is 6.42 Å². The standard InChI is InChI=1S/C15H27N/c1-7-15(5,6)16-14-10-12(4)8-9-13(14)11(2)3/h1,11-14,16H,8-10H2,2-6H3. The van der Waals surface area contributed by atoms with Crippen LogP contribution in [0.5, 0.6) is 0 Å². The zero-order chi connectivity index (χ0) is 12.3. The van der Waals surface area contributed by atoms with E-state index >= 15 is 0 Å². The van der Waals surface area contributed by atoms with Crippen LogP contribution in [0.4, 0.5) is 0 Å². The van der Waals surface area contributed by atoms with E-state index < -0.39 is 0 Å². The van der Waals surface area contributed by atoms with Crippen LogP contribution < -0.4 is 5.32 Å². The van der Waals surface area contributed by atoms with Crippen molar-refractivity contribution >= 4 is 0 Å². The third kappa shape index (κ3) is 3.52. The average Bonchev–Trinajstić information content (AvgIpc) is 2.16. The minimum absolute atomic E-state index is 0.172. The molecular formula is C15H27N. The Hall–Kier alpha value is -0.480. The molecule has 0 saturated heterocycles. The van der Waals surface area contributed by atoms with Crippen LogP contribution in [0.1, 0.15) is 53.9 Å². The molecule has 0 bridgehead atoms. The second-order valence-corrected chi connectivity index (χ2v) is 6.35. The molecule has 1 N–H and O–H groups in total. The van der Waals surface area contributed by atoms with Gasteiger partial charge in [0.25, 0.3) is 0 Å². The molecule has 1 heteroatoms. The van der Waals surface area contributed by atoms with Crippen molar-refractivity contribution in [1.82, 2.24) is 5.32 Å². The van der Waals surface area contributed by atoms with Crippen molar-refractivity contribution in [2.45, 2.75) is 65.5 Å². The van der Waals surface area contributed by atoms with Crippen LogP contribution in [0.25, 0.3) is 0 Å². The van der Waals surface area contributed by atoms with Gasteiger partial charge in [0.2, 0.25) is 0 Å². The highest BCUT2D eigenvalue weighted by Crippen LogP contribution is 2.34. The van der Waals surface area contributed by atoms with Crippen molar-refractivity contribution in [1.29, 1.82) is 0 Å². The van der Waals surface area contributed by atoms with Gasteiger partial charge in [0.15, 0.2) is 0 Å². The van der Waals surface area contributed by atoms with Gasteiger partial charge in [-0.25, -0.2) is 0 Å². The monoisotopic (exact) mass is 221 g/mol. The molecule has 3 atom stereocenters. The summed E-state index contributed by atoms with van der Waals surface area (Å²) in [6, 6.07) is 0.592. The van der Waals surface area contributed by atoms with Gasteiger partial charge in [-0.3, -0.25) is 5.32 Å². The average molecular weight is 221 g/mol. The molecule has 16 heavy (non-hydrogen) atoms. The normalized spacial score (nSPS) is 31.4. The molecule has 0 amide bonds. The van der Waals surface area contributed by atoms with Gasteiger partial charge in [-0.05, 0) is 44.4 Å². The molecule has 1 fully saturated rings. The molecule has 1 aliphatic rings. The molecule has 1 rings (SSSR count). The molecule has 1 aliphatic carbocycles. The maximum absolute atomic E-state index is 5.57. The Labute approximate surface area is 101 Å². The Balaban J connectivity index is 2.69. The molecule has 92 valence electrons. The molecular weight excluding hydrogens is 194 g/mol. The van der Waals surface area contributed by atoms with E-state index in [4.69, 9.17) is 6.42 Å². The summed E-state index contributed by atoms with van der Waals surface area (Å²) in [5, 5.41) is 3.67. The van der Waals surface area contributed by atoms with Gasteiger partial charge < -0.3 is 0 Å². The van der Waals surface area contributed by atoms with Crippen LogP contribution in [0.15, 0.2) is 0 Å². The van der Waals surface area contributed by atoms with Gasteiger partial charge in [0.05, 0.1) is 5.54 Å². The maximum atomic E-state index is 5.57. The lowest BCUT2D eigenvalue weighted by molar-refractivity contribution is 0.153. The van der Waals surface area contributed by atoms with E-state index in [9.17, 15) is 0 Å². The van der Waals surface area contributed by atoms with E-state index in [0.29, 0.717) is 6.04 Å². The molecule has 0 aromatic heterocycles. The van der Waals surface area contributed by atoms with Crippen LogP contribution in [-0.2, 0) is 0 Å². The summed E-state index contributed by atoms with van der Waals surface area (Å²) < 4.78 is 0. The van der Waals surface area contributed by atoms with Crippen LogP contribution in [-0.4, -0.2) is 11.6 Å². The van der Waals surface area contributed by atoms with Crippen LogP contribution in [0.3, 0.4) is 0 Å². The number of rotatable bonds is 3. The van der Waals surface area contributed by atoms with Crippen molar-refractivity contribution in [3.63, 3.8) is 0 Å². The van der Waals surface area contributed by atoms with Gasteiger partial charge in [-0.2, -0.15) is 0 Å². The molecule has 0 aromatic rings. The molecule has 0 aliphatic heterocycles. The van der Waals surface area contributed by atoms with Crippen LogP contribution in [0, 0.1) is 30.1 Å². The molecule has 0 aromatic carbocycles. The van der Waals surface area contributed by atoms with E-state index in [1.807, 2.05) is 0 Å². The fraction of sp³-hybridized carbons (Fsp3) is 0.867. The van der Waals surface area contributed by atoms with Gasteiger partial charge in [0.1, 0.15) is 0 Å². The van der Waals surface area contributed by atoms with Crippen molar-refractivity contribution < 1.29 is 0 Å². The van der Waals surface area contributed by atoms with E-state index in [2.05, 4.69) is 45.9 Å². The lowest BCUT2D eigenvalue weighted by Gasteiger charge is -2.41. The first-order valence-electron chi connectivity index (χ1n) is 6.61. The Morgan fingerprint density at radius 1 is 1.31 bits per heavy atom. The maximum Gasteiger partial charge on any atom is 0.0743 e. The van der Waals surface area contributed by atoms with Gasteiger partial charge >= 0.3 is 0 Å². The van der Waals surface area contributed by atoms with E-state index in [1.165, 1.54) is 19.3 Å². The topological polar surface area (TPSA) is 12.0 Å². The minimum atomic E-state index is -0.172. The molecule has 3 unspecified atom stereocenters. The highest BCUT2D eigenvalue weighted by atomic mass is 15.0. The lowest BCUT2D eigenvalue weighted by Crippen LogP contribution is -2.51. The van der Waals surface area contributed by atoms with Crippen molar-refractivity contribution in [3.8, 4) is 12.3 Å².